The Balaban J connectivity index is 1.92. The lowest BCUT2D eigenvalue weighted by molar-refractivity contribution is 0.158. The molecule has 0 bridgehead atoms. The van der Waals surface area contributed by atoms with Gasteiger partial charge in [-0.1, -0.05) is 6.07 Å². The number of hydrogen-bond acceptors (Lipinski definition) is 4. The fraction of sp³-hybridized carbons (Fsp3) is 0.533. The quantitative estimate of drug-likeness (QED) is 0.827. The van der Waals surface area contributed by atoms with Crippen molar-refractivity contribution in [3.8, 4) is 6.07 Å². The van der Waals surface area contributed by atoms with Gasteiger partial charge in [-0.2, -0.15) is 9.57 Å². The topological polar surface area (TPSA) is 64.4 Å². The summed E-state index contributed by atoms with van der Waals surface area (Å²) in [5.74, 6) is 0. The summed E-state index contributed by atoms with van der Waals surface area (Å²) in [5, 5.41) is 8.99. The van der Waals surface area contributed by atoms with Crippen LogP contribution in [0.5, 0.6) is 0 Å². The van der Waals surface area contributed by atoms with Crippen molar-refractivity contribution in [2.24, 2.45) is 0 Å². The van der Waals surface area contributed by atoms with E-state index in [0.717, 1.165) is 25.9 Å². The zero-order chi connectivity index (χ0) is 15.0. The number of aryl methyl sites for hydroxylation is 1. The van der Waals surface area contributed by atoms with Gasteiger partial charge in [0.2, 0.25) is 10.0 Å². The molecular formula is C15H19N3O2S. The maximum absolute atomic E-state index is 12.9. The van der Waals surface area contributed by atoms with E-state index in [-0.39, 0.29) is 4.90 Å². The van der Waals surface area contributed by atoms with Crippen LogP contribution >= 0.6 is 0 Å². The zero-order valence-electron chi connectivity index (χ0n) is 12.1. The number of piperazine rings is 1. The van der Waals surface area contributed by atoms with Crippen molar-refractivity contribution in [3.63, 3.8) is 0 Å². The summed E-state index contributed by atoms with van der Waals surface area (Å²) in [6.07, 6.45) is 2.23. The van der Waals surface area contributed by atoms with Gasteiger partial charge in [0.1, 0.15) is 0 Å². The van der Waals surface area contributed by atoms with E-state index in [9.17, 15) is 8.42 Å². The lowest BCUT2D eigenvalue weighted by Gasteiger charge is -2.36. The van der Waals surface area contributed by atoms with Crippen LogP contribution in [-0.2, 0) is 10.0 Å². The van der Waals surface area contributed by atoms with Crippen LogP contribution in [0.15, 0.2) is 23.1 Å². The van der Waals surface area contributed by atoms with E-state index in [1.165, 1.54) is 6.07 Å². The van der Waals surface area contributed by atoms with Crippen LogP contribution in [0.1, 0.15) is 24.0 Å². The highest BCUT2D eigenvalue weighted by Gasteiger charge is 2.36. The number of nitrogens with zero attached hydrogens (tertiary/aromatic N) is 3. The summed E-state index contributed by atoms with van der Waals surface area (Å²) >= 11 is 0. The molecule has 5 nitrogen and oxygen atoms in total. The van der Waals surface area contributed by atoms with Gasteiger partial charge in [-0.25, -0.2) is 8.42 Å². The number of sulfonamides is 1. The first-order valence-corrected chi connectivity index (χ1v) is 8.71. The van der Waals surface area contributed by atoms with Crippen molar-refractivity contribution in [2.75, 3.05) is 26.2 Å². The fourth-order valence-electron chi connectivity index (χ4n) is 3.27. The second kappa shape index (κ2) is 5.41. The molecule has 1 aromatic carbocycles. The highest BCUT2D eigenvalue weighted by molar-refractivity contribution is 7.89. The SMILES string of the molecule is Cc1ccc(C#N)cc1S(=O)(=O)N1CCN2CCC[C@@H]2C1. The molecule has 3 rings (SSSR count). The second-order valence-corrected chi connectivity index (χ2v) is 7.69. The zero-order valence-corrected chi connectivity index (χ0v) is 12.9. The van der Waals surface area contributed by atoms with Gasteiger partial charge in [0.25, 0.3) is 0 Å². The molecule has 2 fully saturated rings. The van der Waals surface area contributed by atoms with Gasteiger partial charge in [0, 0.05) is 25.7 Å². The van der Waals surface area contributed by atoms with Crippen molar-refractivity contribution >= 4 is 10.0 Å². The third-order valence-corrected chi connectivity index (χ3v) is 6.49. The summed E-state index contributed by atoms with van der Waals surface area (Å²) in [6.45, 7) is 4.77. The van der Waals surface area contributed by atoms with Gasteiger partial charge in [-0.05, 0) is 44.0 Å². The molecule has 0 radical (unpaired) electrons. The molecule has 6 heteroatoms. The summed E-state index contributed by atoms with van der Waals surface area (Å²) in [4.78, 5) is 2.65. The van der Waals surface area contributed by atoms with Crippen molar-refractivity contribution < 1.29 is 8.42 Å². The molecule has 2 saturated heterocycles. The molecule has 1 atom stereocenters. The average molecular weight is 305 g/mol. The predicted octanol–water partition coefficient (Wildman–Crippen LogP) is 1.34. The smallest absolute Gasteiger partial charge is 0.243 e. The molecule has 0 unspecified atom stereocenters. The highest BCUT2D eigenvalue weighted by Crippen LogP contribution is 2.27. The number of hydrogen-bond donors (Lipinski definition) is 0. The molecule has 0 N–H and O–H groups in total. The van der Waals surface area contributed by atoms with Crippen LogP contribution in [0, 0.1) is 18.3 Å². The van der Waals surface area contributed by atoms with Gasteiger partial charge in [0.15, 0.2) is 0 Å². The fourth-order valence-corrected chi connectivity index (χ4v) is 4.99. The first kappa shape index (κ1) is 14.5. The average Bonchev–Trinajstić information content (AvgIpc) is 2.95. The largest absolute Gasteiger partial charge is 0.298 e. The van der Waals surface area contributed by atoms with E-state index in [1.807, 2.05) is 6.07 Å². The summed E-state index contributed by atoms with van der Waals surface area (Å²) in [6, 6.07) is 7.22. The second-order valence-electron chi connectivity index (χ2n) is 5.79. The van der Waals surface area contributed by atoms with Crippen LogP contribution in [-0.4, -0.2) is 49.8 Å². The van der Waals surface area contributed by atoms with Crippen LogP contribution in [0.4, 0.5) is 0 Å². The molecule has 0 aromatic heterocycles. The van der Waals surface area contributed by atoms with Gasteiger partial charge in [0.05, 0.1) is 16.5 Å². The molecule has 0 saturated carbocycles. The van der Waals surface area contributed by atoms with Crippen LogP contribution < -0.4 is 0 Å². The van der Waals surface area contributed by atoms with E-state index >= 15 is 0 Å². The monoisotopic (exact) mass is 305 g/mol. The standard InChI is InChI=1S/C15H19N3O2S/c1-12-4-5-13(10-16)9-15(12)21(19,20)18-8-7-17-6-2-3-14(17)11-18/h4-5,9,14H,2-3,6-8,11H2,1H3/t14-/m1/s1. The van der Waals surface area contributed by atoms with Crippen LogP contribution in [0.2, 0.25) is 0 Å². The Kier molecular flexibility index (Phi) is 3.74. The van der Waals surface area contributed by atoms with Crippen molar-refractivity contribution in [2.45, 2.75) is 30.7 Å². The van der Waals surface area contributed by atoms with Crippen LogP contribution in [0.25, 0.3) is 0 Å². The minimum Gasteiger partial charge on any atom is -0.298 e. The molecule has 2 aliphatic heterocycles. The maximum Gasteiger partial charge on any atom is 0.243 e. The number of benzene rings is 1. The molecule has 1 aromatic rings. The first-order valence-electron chi connectivity index (χ1n) is 7.27. The Morgan fingerprint density at radius 1 is 1.29 bits per heavy atom. The van der Waals surface area contributed by atoms with Crippen molar-refractivity contribution in [1.82, 2.24) is 9.21 Å². The first-order chi connectivity index (χ1) is 10.0. The Hall–Kier alpha value is -1.42. The van der Waals surface area contributed by atoms with E-state index in [0.29, 0.717) is 30.3 Å². The van der Waals surface area contributed by atoms with Gasteiger partial charge in [-0.15, -0.1) is 0 Å². The summed E-state index contributed by atoms with van der Waals surface area (Å²) < 4.78 is 27.3. The Bertz CT molecular complexity index is 693. The minimum atomic E-state index is -3.51. The third kappa shape index (κ3) is 2.57. The molecule has 21 heavy (non-hydrogen) atoms. The van der Waals surface area contributed by atoms with Gasteiger partial charge < -0.3 is 0 Å². The third-order valence-electron chi connectivity index (χ3n) is 4.49. The molecule has 2 heterocycles. The molecular weight excluding hydrogens is 286 g/mol. The Morgan fingerprint density at radius 3 is 2.86 bits per heavy atom. The lowest BCUT2D eigenvalue weighted by atomic mass is 10.2. The number of fused-ring (bicyclic) bond motifs is 1. The van der Waals surface area contributed by atoms with E-state index in [2.05, 4.69) is 4.90 Å². The highest BCUT2D eigenvalue weighted by atomic mass is 32.2. The normalized spacial score (nSPS) is 23.7. The lowest BCUT2D eigenvalue weighted by Crippen LogP contribution is -2.51. The maximum atomic E-state index is 12.9. The molecule has 112 valence electrons. The molecule has 0 amide bonds. The summed E-state index contributed by atoms with van der Waals surface area (Å²) in [5.41, 5.74) is 1.08. The van der Waals surface area contributed by atoms with Crippen molar-refractivity contribution in [3.05, 3.63) is 29.3 Å². The van der Waals surface area contributed by atoms with Gasteiger partial charge in [-0.3, -0.25) is 4.90 Å². The van der Waals surface area contributed by atoms with Gasteiger partial charge >= 0.3 is 0 Å². The molecule has 2 aliphatic rings. The number of rotatable bonds is 2. The van der Waals surface area contributed by atoms with E-state index in [4.69, 9.17) is 5.26 Å². The van der Waals surface area contributed by atoms with E-state index < -0.39 is 10.0 Å². The molecule has 0 spiro atoms. The summed E-state index contributed by atoms with van der Waals surface area (Å²) in [7, 11) is -3.51. The molecule has 0 aliphatic carbocycles. The van der Waals surface area contributed by atoms with E-state index in [1.54, 1.807) is 23.4 Å². The minimum absolute atomic E-state index is 0.271. The Morgan fingerprint density at radius 2 is 2.10 bits per heavy atom. The van der Waals surface area contributed by atoms with Crippen molar-refractivity contribution in [1.29, 1.82) is 5.26 Å². The Labute approximate surface area is 125 Å². The van der Waals surface area contributed by atoms with Crippen LogP contribution in [0.3, 0.4) is 0 Å². The predicted molar refractivity (Wildman–Crippen MR) is 79.2 cm³/mol. The number of nitriles is 1.